The molecule has 0 saturated heterocycles. The molecule has 0 aliphatic carbocycles. The Morgan fingerprint density at radius 2 is 2.00 bits per heavy atom. The van der Waals surface area contributed by atoms with E-state index in [0.29, 0.717) is 12.1 Å². The highest BCUT2D eigenvalue weighted by Crippen LogP contribution is 2.19. The topological polar surface area (TPSA) is 29.1 Å². The lowest BCUT2D eigenvalue weighted by atomic mass is 10.2. The fourth-order valence-corrected chi connectivity index (χ4v) is 0.934. The number of anilines is 1. The molecule has 2 nitrogen and oxygen atoms in total. The van der Waals surface area contributed by atoms with Crippen molar-refractivity contribution in [2.45, 2.75) is 12.3 Å². The summed E-state index contributed by atoms with van der Waals surface area (Å²) in [6.45, 7) is 1.35. The molecule has 82 valence electrons. The van der Waals surface area contributed by atoms with Gasteiger partial charge in [-0.2, -0.15) is 0 Å². The van der Waals surface area contributed by atoms with Gasteiger partial charge in [0.15, 0.2) is 11.6 Å². The van der Waals surface area contributed by atoms with Gasteiger partial charge in [0.1, 0.15) is 11.2 Å². The first-order valence-electron chi connectivity index (χ1n) is 4.01. The van der Waals surface area contributed by atoms with Crippen LogP contribution in [0.15, 0.2) is 12.1 Å². The molecule has 15 heavy (non-hydrogen) atoms. The van der Waals surface area contributed by atoms with Gasteiger partial charge in [0.05, 0.1) is 5.69 Å². The molecule has 0 saturated carbocycles. The van der Waals surface area contributed by atoms with E-state index in [0.717, 1.165) is 0 Å². The van der Waals surface area contributed by atoms with Crippen molar-refractivity contribution in [1.29, 1.82) is 0 Å². The van der Waals surface area contributed by atoms with Gasteiger partial charge >= 0.3 is 0 Å². The molecule has 1 atom stereocenters. The van der Waals surface area contributed by atoms with Gasteiger partial charge in [-0.3, -0.25) is 4.79 Å². The molecule has 1 amide bonds. The first-order chi connectivity index (χ1) is 6.91. The SMILES string of the molecule is CC(Cl)C(=O)Nc1cc(F)cc(F)c1F. The number of carbonyl (C=O) groups is 1. The molecule has 0 radical (unpaired) electrons. The predicted molar refractivity (Wildman–Crippen MR) is 50.3 cm³/mol. The van der Waals surface area contributed by atoms with Crippen molar-refractivity contribution in [1.82, 2.24) is 0 Å². The molecule has 0 spiro atoms. The Morgan fingerprint density at radius 3 is 2.53 bits per heavy atom. The minimum Gasteiger partial charge on any atom is -0.322 e. The lowest BCUT2D eigenvalue weighted by Crippen LogP contribution is -2.21. The van der Waals surface area contributed by atoms with E-state index in [-0.39, 0.29) is 0 Å². The van der Waals surface area contributed by atoms with Crippen molar-refractivity contribution < 1.29 is 18.0 Å². The average Bonchev–Trinajstić information content (AvgIpc) is 2.13. The number of benzene rings is 1. The fourth-order valence-electron chi connectivity index (χ4n) is 0.879. The van der Waals surface area contributed by atoms with Crippen LogP contribution >= 0.6 is 11.6 Å². The lowest BCUT2D eigenvalue weighted by molar-refractivity contribution is -0.115. The summed E-state index contributed by atoms with van der Waals surface area (Å²) in [6.07, 6.45) is 0. The van der Waals surface area contributed by atoms with E-state index in [2.05, 4.69) is 0 Å². The summed E-state index contributed by atoms with van der Waals surface area (Å²) in [7, 11) is 0. The summed E-state index contributed by atoms with van der Waals surface area (Å²) in [5, 5.41) is 1.04. The first kappa shape index (κ1) is 11.8. The number of hydrogen-bond acceptors (Lipinski definition) is 1. The van der Waals surface area contributed by atoms with Crippen molar-refractivity contribution in [3.05, 3.63) is 29.6 Å². The quantitative estimate of drug-likeness (QED) is 0.622. The molecule has 0 aromatic heterocycles. The van der Waals surface area contributed by atoms with E-state index in [1.807, 2.05) is 5.32 Å². The van der Waals surface area contributed by atoms with E-state index in [1.54, 1.807) is 0 Å². The molecular formula is C9H7ClF3NO. The van der Waals surface area contributed by atoms with Crippen LogP contribution in [0.2, 0.25) is 0 Å². The zero-order valence-electron chi connectivity index (χ0n) is 7.65. The summed E-state index contributed by atoms with van der Waals surface area (Å²) < 4.78 is 38.4. The molecule has 1 unspecified atom stereocenters. The number of alkyl halides is 1. The highest BCUT2D eigenvalue weighted by atomic mass is 35.5. The Kier molecular flexibility index (Phi) is 3.57. The third-order valence-electron chi connectivity index (χ3n) is 1.61. The molecule has 1 aromatic carbocycles. The maximum Gasteiger partial charge on any atom is 0.242 e. The van der Waals surface area contributed by atoms with Crippen LogP contribution in [-0.4, -0.2) is 11.3 Å². The Bertz CT molecular complexity index is 395. The molecule has 0 aliphatic rings. The minimum atomic E-state index is -1.37. The normalized spacial score (nSPS) is 12.3. The maximum absolute atomic E-state index is 13.0. The van der Waals surface area contributed by atoms with Crippen molar-refractivity contribution in [2.24, 2.45) is 0 Å². The molecule has 0 aliphatic heterocycles. The van der Waals surface area contributed by atoms with Crippen LogP contribution < -0.4 is 5.32 Å². The Balaban J connectivity index is 2.99. The van der Waals surface area contributed by atoms with Gasteiger partial charge in [0.25, 0.3) is 0 Å². The second kappa shape index (κ2) is 4.53. The van der Waals surface area contributed by atoms with Gasteiger partial charge in [-0.1, -0.05) is 0 Å². The molecule has 6 heteroatoms. The first-order valence-corrected chi connectivity index (χ1v) is 4.45. The number of nitrogens with one attached hydrogen (secondary N) is 1. The van der Waals surface area contributed by atoms with E-state index >= 15 is 0 Å². The van der Waals surface area contributed by atoms with Crippen LogP contribution in [0.1, 0.15) is 6.92 Å². The summed E-state index contributed by atoms with van der Waals surface area (Å²) in [4.78, 5) is 11.0. The molecule has 0 fully saturated rings. The Hall–Kier alpha value is -1.23. The highest BCUT2D eigenvalue weighted by Gasteiger charge is 2.15. The van der Waals surface area contributed by atoms with Crippen molar-refractivity contribution in [3.63, 3.8) is 0 Å². The standard InChI is InChI=1S/C9H7ClF3NO/c1-4(10)9(15)14-7-3-5(11)2-6(12)8(7)13/h2-4H,1H3,(H,14,15). The zero-order chi connectivity index (χ0) is 11.6. The maximum atomic E-state index is 13.0. The summed E-state index contributed by atoms with van der Waals surface area (Å²) in [5.41, 5.74) is -0.565. The van der Waals surface area contributed by atoms with Gasteiger partial charge in [-0.25, -0.2) is 13.2 Å². The van der Waals surface area contributed by atoms with Crippen LogP contribution in [0.4, 0.5) is 18.9 Å². The highest BCUT2D eigenvalue weighted by molar-refractivity contribution is 6.32. The predicted octanol–water partition coefficient (Wildman–Crippen LogP) is 2.67. The summed E-state index contributed by atoms with van der Waals surface area (Å²) >= 11 is 5.39. The van der Waals surface area contributed by atoms with Crippen molar-refractivity contribution in [3.8, 4) is 0 Å². The summed E-state index contributed by atoms with van der Waals surface area (Å²) in [6, 6.07) is 1.06. The van der Waals surface area contributed by atoms with Gasteiger partial charge in [-0.05, 0) is 6.92 Å². The van der Waals surface area contributed by atoms with E-state index in [1.165, 1.54) is 6.92 Å². The van der Waals surface area contributed by atoms with Crippen molar-refractivity contribution in [2.75, 3.05) is 5.32 Å². The number of hydrogen-bond donors (Lipinski definition) is 1. The third-order valence-corrected chi connectivity index (χ3v) is 1.81. The average molecular weight is 238 g/mol. The zero-order valence-corrected chi connectivity index (χ0v) is 8.41. The van der Waals surface area contributed by atoms with Gasteiger partial charge < -0.3 is 5.32 Å². The molecule has 0 heterocycles. The second-order valence-corrected chi connectivity index (χ2v) is 3.51. The molecular weight excluding hydrogens is 231 g/mol. The van der Waals surface area contributed by atoms with E-state index in [4.69, 9.17) is 11.6 Å². The van der Waals surface area contributed by atoms with Gasteiger partial charge in [-0.15, -0.1) is 11.6 Å². The molecule has 1 rings (SSSR count). The molecule has 1 N–H and O–H groups in total. The van der Waals surface area contributed by atoms with Crippen LogP contribution in [0.5, 0.6) is 0 Å². The van der Waals surface area contributed by atoms with Crippen molar-refractivity contribution >= 4 is 23.2 Å². The lowest BCUT2D eigenvalue weighted by Gasteiger charge is -2.07. The summed E-state index contributed by atoms with van der Waals surface area (Å²) in [5.74, 6) is -4.40. The second-order valence-electron chi connectivity index (χ2n) is 2.85. The van der Waals surface area contributed by atoms with Gasteiger partial charge in [0.2, 0.25) is 5.91 Å². The smallest absolute Gasteiger partial charge is 0.242 e. The fraction of sp³-hybridized carbons (Fsp3) is 0.222. The molecule has 0 bridgehead atoms. The number of carbonyl (C=O) groups excluding carboxylic acids is 1. The minimum absolute atomic E-state index is 0.384. The third kappa shape index (κ3) is 2.86. The van der Waals surface area contributed by atoms with Crippen LogP contribution in [0.25, 0.3) is 0 Å². The van der Waals surface area contributed by atoms with Gasteiger partial charge in [0, 0.05) is 12.1 Å². The van der Waals surface area contributed by atoms with Crippen LogP contribution in [0.3, 0.4) is 0 Å². The van der Waals surface area contributed by atoms with E-state index in [9.17, 15) is 18.0 Å². The van der Waals surface area contributed by atoms with Crippen LogP contribution in [-0.2, 0) is 4.79 Å². The number of amides is 1. The number of rotatable bonds is 2. The van der Waals surface area contributed by atoms with Crippen LogP contribution in [0, 0.1) is 17.5 Å². The molecule has 1 aromatic rings. The largest absolute Gasteiger partial charge is 0.322 e. The van der Waals surface area contributed by atoms with E-state index < -0.39 is 34.4 Å². The Morgan fingerprint density at radius 1 is 1.40 bits per heavy atom. The number of halogens is 4. The monoisotopic (exact) mass is 237 g/mol. The Labute approximate surface area is 89.0 Å².